The number of carbonyl (C=O) groups is 2. The van der Waals surface area contributed by atoms with Crippen LogP contribution < -0.4 is 16.0 Å². The highest BCUT2D eigenvalue weighted by Crippen LogP contribution is 2.16. The monoisotopic (exact) mass is 1940 g/mol. The van der Waals surface area contributed by atoms with Crippen LogP contribution in [0.2, 0.25) is 0 Å². The predicted octanol–water partition coefficient (Wildman–Crippen LogP) is 22.8. The summed E-state index contributed by atoms with van der Waals surface area (Å²) in [5.41, 5.74) is 0. The van der Waals surface area contributed by atoms with Crippen LogP contribution in [-0.2, 0) is 28.9 Å². The average Bonchev–Trinajstić information content (AvgIpc) is 0.871. The van der Waals surface area contributed by atoms with E-state index in [-0.39, 0.29) is 24.0 Å². The van der Waals surface area contributed by atoms with Gasteiger partial charge in [0, 0.05) is 157 Å². The second-order valence-electron chi connectivity index (χ2n) is 42.5. The van der Waals surface area contributed by atoms with E-state index in [9.17, 15) is 28.2 Å². The molecule has 0 unspecified atom stereocenters. The summed E-state index contributed by atoms with van der Waals surface area (Å²) >= 11 is 0. The van der Waals surface area contributed by atoms with E-state index in [2.05, 4.69) is 316 Å². The Balaban J connectivity index is -0.000000181. The summed E-state index contributed by atoms with van der Waals surface area (Å²) in [6.45, 7) is 119. The summed E-state index contributed by atoms with van der Waals surface area (Å²) in [6.07, 6.45) is 26.7. The summed E-state index contributed by atoms with van der Waals surface area (Å²) in [5, 5.41) is 28.3. The van der Waals surface area contributed by atoms with Gasteiger partial charge in [0.15, 0.2) is 9.84 Å². The van der Waals surface area contributed by atoms with Crippen molar-refractivity contribution in [1.29, 1.82) is 0 Å². The summed E-state index contributed by atoms with van der Waals surface area (Å²) in [7, 11) is -0.488. The van der Waals surface area contributed by atoms with Crippen molar-refractivity contribution in [2.24, 2.45) is 53.3 Å². The number of piperidine rings is 2. The molecule has 0 radical (unpaired) electrons. The molecule has 134 heavy (non-hydrogen) atoms. The third kappa shape index (κ3) is 124. The highest BCUT2D eigenvalue weighted by Gasteiger charge is 2.24. The molecule has 9 aliphatic heterocycles. The Kier molecular flexibility index (Phi) is 125. The number of hydrogen-bond donors (Lipinski definition) is 5. The van der Waals surface area contributed by atoms with Crippen LogP contribution >= 0.6 is 0 Å². The van der Waals surface area contributed by atoms with E-state index in [1.54, 1.807) is 6.92 Å². The third-order valence-electron chi connectivity index (χ3n) is 21.3. The second kappa shape index (κ2) is 112. The van der Waals surface area contributed by atoms with Crippen molar-refractivity contribution < 1.29 is 37.7 Å². The van der Waals surface area contributed by atoms with Gasteiger partial charge in [-0.25, -0.2) is 8.42 Å². The molecule has 0 bridgehead atoms. The number of β-amino-alcohol motifs (C(OH)–C–C–N with tert-alkyl or cyclic N) is 1. The first-order valence-electron chi connectivity index (χ1n) is 56.6. The molecule has 818 valence electrons. The molecule has 9 aliphatic rings. The van der Waals surface area contributed by atoms with Gasteiger partial charge in [0.25, 0.3) is 0 Å². The summed E-state index contributed by atoms with van der Waals surface area (Å²) in [4.78, 5) is 45.8. The number of nitrogens with one attached hydrogen (secondary N) is 3. The van der Waals surface area contributed by atoms with Gasteiger partial charge in [-0.1, -0.05) is 307 Å². The minimum absolute atomic E-state index is 0.0275. The predicted molar refractivity (Wildman–Crippen MR) is 598 cm³/mol. The van der Waals surface area contributed by atoms with Gasteiger partial charge in [-0.2, -0.15) is 0 Å². The maximum Gasteiger partial charge on any atom is 0.234 e. The number of rotatable bonds is 26. The van der Waals surface area contributed by atoms with Gasteiger partial charge in [0.05, 0.1) is 56.7 Å². The number of morpholine rings is 2. The Morgan fingerprint density at radius 1 is 0.351 bits per heavy atom. The first-order valence-corrected chi connectivity index (χ1v) is 58.4. The number of nitrogens with zero attached hydrogens (tertiary/aromatic N) is 10. The van der Waals surface area contributed by atoms with Gasteiger partial charge in [-0.15, -0.1) is 0 Å². The maximum absolute atomic E-state index is 11.1. The van der Waals surface area contributed by atoms with Crippen molar-refractivity contribution in [3.63, 3.8) is 0 Å². The zero-order chi connectivity index (χ0) is 104. The average molecular weight is 1940 g/mol. The van der Waals surface area contributed by atoms with Gasteiger partial charge in [0.1, 0.15) is 0 Å². The first-order chi connectivity index (χ1) is 63.4. The van der Waals surface area contributed by atoms with E-state index >= 15 is 0 Å². The lowest BCUT2D eigenvalue weighted by Gasteiger charge is -2.34. The van der Waals surface area contributed by atoms with E-state index in [1.165, 1.54) is 214 Å². The van der Waals surface area contributed by atoms with Crippen LogP contribution in [0.15, 0.2) is 0 Å². The van der Waals surface area contributed by atoms with E-state index < -0.39 is 9.84 Å². The van der Waals surface area contributed by atoms with E-state index in [4.69, 9.17) is 9.47 Å². The molecule has 5 N–H and O–H groups in total. The Morgan fingerprint density at radius 3 is 0.970 bits per heavy atom. The van der Waals surface area contributed by atoms with Crippen molar-refractivity contribution in [2.75, 3.05) is 254 Å². The summed E-state index contributed by atoms with van der Waals surface area (Å²) in [5.74, 6) is 8.20. The van der Waals surface area contributed by atoms with Gasteiger partial charge in [-0.3, -0.25) is 24.3 Å². The molecule has 21 nitrogen and oxygen atoms in total. The molecule has 22 heteroatoms. The molecular formula is C112H251N13O8S. The zero-order valence-corrected chi connectivity index (χ0v) is 98.9. The minimum Gasteiger partial charge on any atom is -0.393 e. The van der Waals surface area contributed by atoms with Gasteiger partial charge in [-0.05, 0) is 203 Å². The fourth-order valence-electron chi connectivity index (χ4n) is 13.2. The molecule has 0 aliphatic carbocycles. The van der Waals surface area contributed by atoms with Gasteiger partial charge in [0.2, 0.25) is 11.8 Å². The standard InChI is InChI=1S/C11H22N2O.C10H22N2.2C10H21NO.C9H18N2O.C9H20N2.C9H19NO2S.C9H19NO.C8H17NO.9C3H8/c1-10(2)4-5-12-6-8-13(9-7-12)11(3)14;1-10(2)4-5-12-8-6-11(3)7-9-12;1-9(2)3-6-11-7-4-10(12)5-8-11;1-9(2)5-7-11-6-3-4-10(12)8-11;1-8(2)3-5-11-6-4-10-9(12)7-11;1-9(2)3-6-11-7-4-10-5-8-11;1-9(2)3-4-10-5-7-13(11,12)8-6-10;1-9(2)3-4-10-5-7-11-8-6-10;1-7(2)5-8-6-10-4-3-9-8;9*1-3-2/h10H,4-9H2,1-3H3;10H,4-9H2,1-3H3;2*9-10,12H,3-8H2,1-2H3;8H,3-7H2,1-2H3,(H,10,12);9-10H,3-8H2,1-2H3;9H,3-8H2,1-2H3;9H,3-8H2,1-2H3;7-9H,3-6H2,1-2H3;9*3H2,1-2H3/t;;;10-;;;;;8-;;;;;;;;;/m...0....0........./s1. The fraction of sp³-hybridized carbons (Fsp3) is 0.982. The third-order valence-corrected chi connectivity index (χ3v) is 22.9. The lowest BCUT2D eigenvalue weighted by Crippen LogP contribution is -2.48. The van der Waals surface area contributed by atoms with Crippen LogP contribution in [-0.4, -0.2) is 352 Å². The maximum atomic E-state index is 11.1. The Bertz CT molecular complexity index is 2230. The minimum atomic E-state index is -2.70. The van der Waals surface area contributed by atoms with Crippen LogP contribution in [0.5, 0.6) is 0 Å². The number of piperazine rings is 4. The Labute approximate surface area is 842 Å². The molecular weight excluding hydrogens is 1690 g/mol. The molecule has 0 spiro atoms. The van der Waals surface area contributed by atoms with Crippen LogP contribution in [0, 0.1) is 53.3 Å². The van der Waals surface area contributed by atoms with E-state index in [0.717, 1.165) is 204 Å². The number of carbonyl (C=O) groups excluding carboxylic acids is 2. The number of likely N-dealkylation sites (tertiary alicyclic amines) is 2. The van der Waals surface area contributed by atoms with Gasteiger partial charge >= 0.3 is 0 Å². The molecule has 9 saturated heterocycles. The van der Waals surface area contributed by atoms with Crippen LogP contribution in [0.3, 0.4) is 0 Å². The largest absolute Gasteiger partial charge is 0.393 e. The fourth-order valence-corrected chi connectivity index (χ4v) is 14.5. The topological polar surface area (TPSA) is 196 Å². The van der Waals surface area contributed by atoms with Crippen molar-refractivity contribution >= 4 is 21.7 Å². The number of ether oxygens (including phenoxy) is 2. The highest BCUT2D eigenvalue weighted by molar-refractivity contribution is 7.91. The van der Waals surface area contributed by atoms with Crippen molar-refractivity contribution in [1.82, 2.24) is 64.9 Å². The van der Waals surface area contributed by atoms with Gasteiger partial charge < -0.3 is 69.9 Å². The molecule has 0 aromatic rings. The Hall–Kier alpha value is -1.71. The van der Waals surface area contributed by atoms with Crippen molar-refractivity contribution in [2.45, 2.75) is 416 Å². The quantitative estimate of drug-likeness (QED) is 0.0548. The zero-order valence-electron chi connectivity index (χ0n) is 98.1. The van der Waals surface area contributed by atoms with E-state index in [0.29, 0.717) is 30.0 Å². The second-order valence-corrected chi connectivity index (χ2v) is 44.8. The van der Waals surface area contributed by atoms with Crippen molar-refractivity contribution in [3.05, 3.63) is 0 Å². The number of aliphatic hydroxyl groups excluding tert-OH is 2. The number of sulfone groups is 1. The Morgan fingerprint density at radius 2 is 0.657 bits per heavy atom. The summed E-state index contributed by atoms with van der Waals surface area (Å²) < 4.78 is 32.8. The van der Waals surface area contributed by atoms with Crippen LogP contribution in [0.4, 0.5) is 0 Å². The highest BCUT2D eigenvalue weighted by atomic mass is 32.2. The number of aliphatic hydroxyl groups is 2. The molecule has 0 saturated carbocycles. The first kappa shape index (κ1) is 150. The molecule has 9 fully saturated rings. The molecule has 9 rings (SSSR count). The number of amides is 2. The number of likely N-dealkylation sites (N-methyl/N-ethyl adjacent to an activating group) is 1. The summed E-state index contributed by atoms with van der Waals surface area (Å²) in [6, 6.07) is 0.605. The molecule has 2 atom stereocenters. The number of hydrogen-bond acceptors (Lipinski definition) is 19. The normalized spacial score (nSPS) is 19.1. The lowest BCUT2D eigenvalue weighted by molar-refractivity contribution is -0.130. The van der Waals surface area contributed by atoms with Crippen LogP contribution in [0.25, 0.3) is 0 Å². The smallest absolute Gasteiger partial charge is 0.234 e. The van der Waals surface area contributed by atoms with Crippen LogP contribution in [0.1, 0.15) is 397 Å². The lowest BCUT2D eigenvalue weighted by atomic mass is 10.0. The SMILES string of the molecule is CC(=O)N1CCN(CCC(C)C)CC1.CC(C)CCN1CCC(O)CC1.CC(C)CCN1CCC[C@H](O)C1.CC(C)CCN1CCN(C)CC1.CC(C)CCN1CCNC(=O)C1.CC(C)CCN1CCNCC1.CC(C)CCN1CCOCC1.CC(C)CCN1CCS(=O)(=O)CC1.CC(C)C[C@H]1COCCN1.CCC.CCC.CCC.CCC.CCC.CCC.CCC.CCC.CCC. The molecule has 2 amide bonds. The van der Waals surface area contributed by atoms with E-state index in [1.807, 2.05) is 4.90 Å². The van der Waals surface area contributed by atoms with Crippen molar-refractivity contribution in [3.8, 4) is 0 Å². The molecule has 9 heterocycles. The molecule has 0 aromatic carbocycles. The molecule has 0 aromatic heterocycles.